The minimum absolute atomic E-state index is 1.11. The quantitative estimate of drug-likeness (QED) is 0.666. The summed E-state index contributed by atoms with van der Waals surface area (Å²) in [4.78, 5) is 4.29. The topological polar surface area (TPSA) is 17.8 Å². The predicted molar refractivity (Wildman–Crippen MR) is 48.0 cm³/mol. The van der Waals surface area contributed by atoms with E-state index in [2.05, 4.69) is 22.8 Å². The molecule has 1 aliphatic carbocycles. The van der Waals surface area contributed by atoms with E-state index in [1.807, 2.05) is 0 Å². The van der Waals surface area contributed by atoms with Gasteiger partial charge in [0, 0.05) is 12.2 Å². The number of hydrogen-bond donors (Lipinski definition) is 0. The first-order valence-corrected chi connectivity index (χ1v) is 4.87. The van der Waals surface area contributed by atoms with Gasteiger partial charge in [0.25, 0.3) is 0 Å². The van der Waals surface area contributed by atoms with Crippen LogP contribution in [0.4, 0.5) is 0 Å². The van der Waals surface area contributed by atoms with Gasteiger partial charge in [-0.05, 0) is 25.7 Å². The summed E-state index contributed by atoms with van der Waals surface area (Å²) in [5, 5.41) is 0. The van der Waals surface area contributed by atoms with E-state index in [1.165, 1.54) is 43.5 Å². The van der Waals surface area contributed by atoms with Crippen LogP contribution in [0.3, 0.4) is 0 Å². The fourth-order valence-corrected chi connectivity index (χ4v) is 1.81. The largest absolute Gasteiger partial charge is 0.325 e. The van der Waals surface area contributed by atoms with Crippen molar-refractivity contribution in [2.45, 2.75) is 45.6 Å². The number of imidazole rings is 1. The molecule has 65 valence electrons. The lowest BCUT2D eigenvalue weighted by atomic mass is 10.3. The second kappa shape index (κ2) is 3.30. The minimum atomic E-state index is 1.11. The van der Waals surface area contributed by atoms with Crippen LogP contribution in [-0.2, 0) is 19.4 Å². The molecule has 0 spiro atoms. The van der Waals surface area contributed by atoms with Crippen LogP contribution in [0.2, 0.25) is 0 Å². The third-order valence-corrected chi connectivity index (χ3v) is 2.53. The highest BCUT2D eigenvalue weighted by atomic mass is 15.1. The summed E-state index contributed by atoms with van der Waals surface area (Å²) in [5.74, 6) is 0. The molecule has 0 saturated carbocycles. The Labute approximate surface area is 73.6 Å². The standard InChI is InChI=1S/C10H15N2/c1-2-3-7-12-8-11-9-5-4-6-10(9)12/h2-7H2,1H3. The molecule has 1 heterocycles. The highest BCUT2D eigenvalue weighted by Crippen LogP contribution is 2.20. The first kappa shape index (κ1) is 7.84. The van der Waals surface area contributed by atoms with Gasteiger partial charge < -0.3 is 4.57 Å². The van der Waals surface area contributed by atoms with Crippen molar-refractivity contribution < 1.29 is 0 Å². The predicted octanol–water partition coefficient (Wildman–Crippen LogP) is 1.97. The lowest BCUT2D eigenvalue weighted by molar-refractivity contribution is 0.605. The highest BCUT2D eigenvalue weighted by molar-refractivity contribution is 5.18. The third kappa shape index (κ3) is 1.26. The summed E-state index contributed by atoms with van der Waals surface area (Å²) in [6, 6.07) is 0. The van der Waals surface area contributed by atoms with Crippen molar-refractivity contribution in [1.29, 1.82) is 0 Å². The lowest BCUT2D eigenvalue weighted by Crippen LogP contribution is -2.00. The smallest absolute Gasteiger partial charge is 0.176 e. The summed E-state index contributed by atoms with van der Waals surface area (Å²) in [7, 11) is 0. The molecule has 1 aromatic rings. The Morgan fingerprint density at radius 2 is 2.42 bits per heavy atom. The van der Waals surface area contributed by atoms with Gasteiger partial charge in [0.2, 0.25) is 0 Å². The SMILES string of the molecule is CCCCn1[c]nc2c1CCC2. The van der Waals surface area contributed by atoms with Crippen molar-refractivity contribution in [2.75, 3.05) is 0 Å². The van der Waals surface area contributed by atoms with Gasteiger partial charge in [-0.1, -0.05) is 13.3 Å². The Kier molecular flexibility index (Phi) is 2.15. The molecule has 0 aromatic carbocycles. The van der Waals surface area contributed by atoms with E-state index < -0.39 is 0 Å². The molecule has 12 heavy (non-hydrogen) atoms. The van der Waals surface area contributed by atoms with E-state index in [9.17, 15) is 0 Å². The van der Waals surface area contributed by atoms with Gasteiger partial charge in [-0.15, -0.1) is 0 Å². The molecule has 2 rings (SSSR count). The van der Waals surface area contributed by atoms with E-state index in [4.69, 9.17) is 0 Å². The molecule has 0 unspecified atom stereocenters. The van der Waals surface area contributed by atoms with Gasteiger partial charge in [0.05, 0.1) is 5.69 Å². The van der Waals surface area contributed by atoms with Crippen molar-refractivity contribution in [3.8, 4) is 0 Å². The molecule has 0 amide bonds. The van der Waals surface area contributed by atoms with Crippen molar-refractivity contribution in [3.63, 3.8) is 0 Å². The van der Waals surface area contributed by atoms with E-state index >= 15 is 0 Å². The third-order valence-electron chi connectivity index (χ3n) is 2.53. The van der Waals surface area contributed by atoms with E-state index in [1.54, 1.807) is 0 Å². The van der Waals surface area contributed by atoms with Crippen LogP contribution in [0, 0.1) is 6.33 Å². The fraction of sp³-hybridized carbons (Fsp3) is 0.700. The van der Waals surface area contributed by atoms with Crippen LogP contribution in [0.25, 0.3) is 0 Å². The molecular weight excluding hydrogens is 148 g/mol. The average molecular weight is 163 g/mol. The second-order valence-electron chi connectivity index (χ2n) is 3.46. The van der Waals surface area contributed by atoms with Crippen molar-refractivity contribution in [3.05, 3.63) is 17.7 Å². The number of aromatic nitrogens is 2. The Morgan fingerprint density at radius 3 is 3.25 bits per heavy atom. The van der Waals surface area contributed by atoms with Crippen LogP contribution in [0.1, 0.15) is 37.6 Å². The normalized spacial score (nSPS) is 15.1. The van der Waals surface area contributed by atoms with Crippen molar-refractivity contribution in [2.24, 2.45) is 0 Å². The summed E-state index contributed by atoms with van der Waals surface area (Å²) in [6.07, 6.45) is 9.26. The maximum Gasteiger partial charge on any atom is 0.176 e. The Balaban J connectivity index is 2.11. The van der Waals surface area contributed by atoms with Gasteiger partial charge in [-0.3, -0.25) is 0 Å². The summed E-state index contributed by atoms with van der Waals surface area (Å²) in [5.41, 5.74) is 2.74. The average Bonchev–Trinajstić information content (AvgIpc) is 2.62. The van der Waals surface area contributed by atoms with Gasteiger partial charge >= 0.3 is 0 Å². The number of fused-ring (bicyclic) bond motifs is 1. The molecule has 1 radical (unpaired) electrons. The molecule has 2 nitrogen and oxygen atoms in total. The molecule has 1 aliphatic rings. The Hall–Kier alpha value is -0.790. The number of nitrogens with zero attached hydrogens (tertiary/aromatic N) is 2. The molecule has 0 bridgehead atoms. The molecular formula is C10H15N2. The first-order valence-electron chi connectivity index (χ1n) is 4.87. The molecule has 0 N–H and O–H groups in total. The minimum Gasteiger partial charge on any atom is -0.325 e. The maximum absolute atomic E-state index is 4.29. The van der Waals surface area contributed by atoms with Crippen LogP contribution in [0.5, 0.6) is 0 Å². The van der Waals surface area contributed by atoms with Crippen LogP contribution in [0.15, 0.2) is 0 Å². The molecule has 0 fully saturated rings. The summed E-state index contributed by atoms with van der Waals surface area (Å²) >= 11 is 0. The van der Waals surface area contributed by atoms with Crippen LogP contribution >= 0.6 is 0 Å². The Bertz CT molecular complexity index is 263. The van der Waals surface area contributed by atoms with Crippen LogP contribution in [-0.4, -0.2) is 9.55 Å². The number of unbranched alkanes of at least 4 members (excludes halogenated alkanes) is 1. The second-order valence-corrected chi connectivity index (χ2v) is 3.46. The number of aryl methyl sites for hydroxylation is 2. The molecule has 0 aliphatic heterocycles. The zero-order valence-electron chi connectivity index (χ0n) is 7.64. The zero-order valence-corrected chi connectivity index (χ0v) is 7.64. The molecule has 1 aromatic heterocycles. The zero-order chi connectivity index (χ0) is 8.39. The molecule has 0 atom stereocenters. The number of rotatable bonds is 3. The first-order chi connectivity index (χ1) is 5.92. The van der Waals surface area contributed by atoms with Gasteiger partial charge in [0.1, 0.15) is 0 Å². The summed E-state index contributed by atoms with van der Waals surface area (Å²) < 4.78 is 2.21. The lowest BCUT2D eigenvalue weighted by Gasteiger charge is -2.02. The molecule has 0 saturated heterocycles. The number of hydrogen-bond acceptors (Lipinski definition) is 1. The van der Waals surface area contributed by atoms with E-state index in [-0.39, 0.29) is 0 Å². The van der Waals surface area contributed by atoms with Crippen LogP contribution < -0.4 is 0 Å². The van der Waals surface area contributed by atoms with E-state index in [0.29, 0.717) is 0 Å². The van der Waals surface area contributed by atoms with Crippen molar-refractivity contribution >= 4 is 0 Å². The highest BCUT2D eigenvalue weighted by Gasteiger charge is 2.16. The molecule has 2 heteroatoms. The fourth-order valence-electron chi connectivity index (χ4n) is 1.81. The van der Waals surface area contributed by atoms with Crippen molar-refractivity contribution in [1.82, 2.24) is 9.55 Å². The summed E-state index contributed by atoms with van der Waals surface area (Å²) in [6.45, 7) is 3.33. The van der Waals surface area contributed by atoms with E-state index in [0.717, 1.165) is 6.54 Å². The van der Waals surface area contributed by atoms with Gasteiger partial charge in [-0.2, -0.15) is 0 Å². The maximum atomic E-state index is 4.29. The van der Waals surface area contributed by atoms with Gasteiger partial charge in [-0.25, -0.2) is 4.98 Å². The van der Waals surface area contributed by atoms with Gasteiger partial charge in [0.15, 0.2) is 6.33 Å². The monoisotopic (exact) mass is 163 g/mol. The Morgan fingerprint density at radius 1 is 1.50 bits per heavy atom.